The average Bonchev–Trinajstić information content (AvgIpc) is 2.55. The third-order valence-corrected chi connectivity index (χ3v) is 5.00. The van der Waals surface area contributed by atoms with E-state index in [4.69, 9.17) is 5.26 Å². The van der Waals surface area contributed by atoms with Crippen LogP contribution in [0.3, 0.4) is 0 Å². The van der Waals surface area contributed by atoms with Gasteiger partial charge in [0.1, 0.15) is 0 Å². The fraction of sp³-hybridized carbons (Fsp3) is 0.133. The number of benzene rings is 2. The first-order valence-corrected chi connectivity index (χ1v) is 8.20. The summed E-state index contributed by atoms with van der Waals surface area (Å²) in [6.07, 6.45) is -0.0659. The zero-order valence-corrected chi connectivity index (χ0v) is 13.1. The number of nitriles is 1. The molecule has 0 fully saturated rings. The van der Waals surface area contributed by atoms with E-state index in [9.17, 15) is 22.9 Å². The molecule has 0 unspecified atom stereocenters. The lowest BCUT2D eigenvalue weighted by Crippen LogP contribution is -2.32. The van der Waals surface area contributed by atoms with Crippen LogP contribution >= 0.6 is 0 Å². The van der Waals surface area contributed by atoms with Crippen molar-refractivity contribution in [1.82, 2.24) is 0 Å². The third-order valence-electron chi connectivity index (χ3n) is 3.17. The van der Waals surface area contributed by atoms with Crippen LogP contribution in [-0.4, -0.2) is 19.9 Å². The monoisotopic (exact) mass is 349 g/mol. The Morgan fingerprint density at radius 1 is 1.21 bits per heavy atom. The fourth-order valence-corrected chi connectivity index (χ4v) is 3.54. The van der Waals surface area contributed by atoms with Crippen LogP contribution in [0.25, 0.3) is 0 Å². The van der Waals surface area contributed by atoms with Crippen LogP contribution in [0, 0.1) is 27.3 Å². The summed E-state index contributed by atoms with van der Waals surface area (Å²) in [5.41, 5.74) is -0.497. The minimum atomic E-state index is -4.17. The quantitative estimate of drug-likeness (QED) is 0.589. The second-order valence-corrected chi connectivity index (χ2v) is 6.55. The normalized spacial score (nSPS) is 10.8. The van der Waals surface area contributed by atoms with Gasteiger partial charge in [0, 0.05) is 18.7 Å². The van der Waals surface area contributed by atoms with Crippen LogP contribution in [0.2, 0.25) is 0 Å². The first-order chi connectivity index (χ1) is 11.4. The smallest absolute Gasteiger partial charge is 0.265 e. The highest BCUT2D eigenvalue weighted by Gasteiger charge is 2.27. The molecule has 124 valence electrons. The molecule has 2 aromatic carbocycles. The lowest BCUT2D eigenvalue weighted by molar-refractivity contribution is -0.387. The molecule has 24 heavy (non-hydrogen) atoms. The number of halogens is 1. The lowest BCUT2D eigenvalue weighted by atomic mass is 10.3. The predicted octanol–water partition coefficient (Wildman–Crippen LogP) is 2.84. The highest BCUT2D eigenvalue weighted by molar-refractivity contribution is 7.92. The van der Waals surface area contributed by atoms with Gasteiger partial charge in [-0.1, -0.05) is 18.2 Å². The maximum absolute atomic E-state index is 13.8. The molecule has 0 bridgehead atoms. The first-order valence-electron chi connectivity index (χ1n) is 6.76. The molecular formula is C15H12FN3O4S. The van der Waals surface area contributed by atoms with Crippen molar-refractivity contribution in [3.05, 3.63) is 64.5 Å². The van der Waals surface area contributed by atoms with Gasteiger partial charge >= 0.3 is 5.69 Å². The average molecular weight is 349 g/mol. The molecule has 0 aliphatic rings. The van der Waals surface area contributed by atoms with Crippen molar-refractivity contribution in [3.63, 3.8) is 0 Å². The summed E-state index contributed by atoms with van der Waals surface area (Å²) in [4.78, 5) is 9.29. The second kappa shape index (κ2) is 7.06. The Labute approximate surface area is 137 Å². The van der Waals surface area contributed by atoms with Gasteiger partial charge in [0.15, 0.2) is 0 Å². The van der Waals surface area contributed by atoms with Crippen molar-refractivity contribution in [2.45, 2.75) is 11.3 Å². The molecule has 0 atom stereocenters. The van der Waals surface area contributed by atoms with Gasteiger partial charge in [0.2, 0.25) is 5.82 Å². The molecule has 0 saturated heterocycles. The maximum atomic E-state index is 13.8. The molecule has 0 saturated carbocycles. The Hall–Kier alpha value is -2.99. The Morgan fingerprint density at radius 3 is 2.42 bits per heavy atom. The molecule has 2 rings (SSSR count). The second-order valence-electron chi connectivity index (χ2n) is 4.69. The molecule has 0 spiro atoms. The highest BCUT2D eigenvalue weighted by Crippen LogP contribution is 2.27. The SMILES string of the molecule is N#CCCN(c1ccccc1)S(=O)(=O)c1ccc([N+](=O)[O-])c(F)c1. The molecule has 9 heteroatoms. The lowest BCUT2D eigenvalue weighted by Gasteiger charge is -2.23. The van der Waals surface area contributed by atoms with E-state index in [0.717, 1.165) is 16.4 Å². The first kappa shape index (κ1) is 17.4. The molecule has 2 aromatic rings. The third kappa shape index (κ3) is 3.49. The van der Waals surface area contributed by atoms with Gasteiger partial charge in [-0.15, -0.1) is 0 Å². The van der Waals surface area contributed by atoms with Gasteiger partial charge in [0.25, 0.3) is 10.0 Å². The Balaban J connectivity index is 2.50. The summed E-state index contributed by atoms with van der Waals surface area (Å²) in [6.45, 7) is -0.124. The van der Waals surface area contributed by atoms with Gasteiger partial charge in [-0.2, -0.15) is 9.65 Å². The number of nitro benzene ring substituents is 1. The fourth-order valence-electron chi connectivity index (χ4n) is 2.06. The predicted molar refractivity (Wildman–Crippen MR) is 84.3 cm³/mol. The number of rotatable bonds is 6. The number of anilines is 1. The van der Waals surface area contributed by atoms with Crippen molar-refractivity contribution in [2.75, 3.05) is 10.8 Å². The van der Waals surface area contributed by atoms with Crippen LogP contribution in [0.5, 0.6) is 0 Å². The van der Waals surface area contributed by atoms with Crippen LogP contribution in [0.4, 0.5) is 15.8 Å². The number of hydrogen-bond donors (Lipinski definition) is 0. The van der Waals surface area contributed by atoms with E-state index in [1.807, 2.05) is 6.07 Å². The molecule has 0 heterocycles. The number of sulfonamides is 1. The van der Waals surface area contributed by atoms with Gasteiger partial charge in [-0.25, -0.2) is 8.42 Å². The number of para-hydroxylation sites is 1. The molecule has 0 radical (unpaired) electrons. The van der Waals surface area contributed by atoms with Crippen LogP contribution in [0.1, 0.15) is 6.42 Å². The van der Waals surface area contributed by atoms with Crippen LogP contribution in [-0.2, 0) is 10.0 Å². The standard InChI is InChI=1S/C15H12FN3O4S/c16-14-11-13(7-8-15(14)19(20)21)24(22,23)18(10-4-9-17)12-5-2-1-3-6-12/h1-3,5-8,11H,4,10H2. The van der Waals surface area contributed by atoms with Crippen molar-refractivity contribution in [1.29, 1.82) is 5.26 Å². The van der Waals surface area contributed by atoms with Crippen molar-refractivity contribution in [2.24, 2.45) is 0 Å². The van der Waals surface area contributed by atoms with E-state index in [-0.39, 0.29) is 13.0 Å². The van der Waals surface area contributed by atoms with E-state index < -0.39 is 31.3 Å². The van der Waals surface area contributed by atoms with E-state index in [1.54, 1.807) is 18.2 Å². The summed E-state index contributed by atoms with van der Waals surface area (Å²) in [5.74, 6) is -1.24. The van der Waals surface area contributed by atoms with Crippen LogP contribution in [0.15, 0.2) is 53.4 Å². The van der Waals surface area contributed by atoms with Crippen molar-refractivity contribution in [3.8, 4) is 6.07 Å². The van der Waals surface area contributed by atoms with E-state index in [0.29, 0.717) is 11.8 Å². The van der Waals surface area contributed by atoms with Gasteiger partial charge in [-0.05, 0) is 18.2 Å². The van der Waals surface area contributed by atoms with Crippen LogP contribution < -0.4 is 4.31 Å². The summed E-state index contributed by atoms with van der Waals surface area (Å²) >= 11 is 0. The molecule has 0 N–H and O–H groups in total. The Bertz CT molecular complexity index is 895. The zero-order chi connectivity index (χ0) is 17.7. The zero-order valence-electron chi connectivity index (χ0n) is 12.3. The summed E-state index contributed by atoms with van der Waals surface area (Å²) in [5, 5.41) is 19.4. The molecule has 0 aliphatic heterocycles. The maximum Gasteiger partial charge on any atom is 0.304 e. The van der Waals surface area contributed by atoms with E-state index >= 15 is 0 Å². The number of nitrogens with zero attached hydrogens (tertiary/aromatic N) is 3. The largest absolute Gasteiger partial charge is 0.304 e. The Kier molecular flexibility index (Phi) is 5.11. The van der Waals surface area contributed by atoms with Gasteiger partial charge in [0.05, 0.1) is 28.0 Å². The van der Waals surface area contributed by atoms with Gasteiger partial charge < -0.3 is 0 Å². The number of hydrogen-bond acceptors (Lipinski definition) is 5. The Morgan fingerprint density at radius 2 is 1.88 bits per heavy atom. The summed E-state index contributed by atoms with van der Waals surface area (Å²) in [7, 11) is -4.17. The topological polar surface area (TPSA) is 104 Å². The summed E-state index contributed by atoms with van der Waals surface area (Å²) in [6, 6.07) is 12.3. The number of nitro groups is 1. The molecule has 0 aliphatic carbocycles. The van der Waals surface area contributed by atoms with E-state index in [2.05, 4.69) is 0 Å². The van der Waals surface area contributed by atoms with E-state index in [1.165, 1.54) is 12.1 Å². The van der Waals surface area contributed by atoms with Gasteiger partial charge in [-0.3, -0.25) is 14.4 Å². The molecule has 0 aromatic heterocycles. The summed E-state index contributed by atoms with van der Waals surface area (Å²) < 4.78 is 40.2. The molecule has 7 nitrogen and oxygen atoms in total. The minimum Gasteiger partial charge on any atom is -0.265 e. The minimum absolute atomic E-state index is 0.0659. The molecular weight excluding hydrogens is 337 g/mol. The van der Waals surface area contributed by atoms with Crippen molar-refractivity contribution < 1.29 is 17.7 Å². The van der Waals surface area contributed by atoms with Crippen molar-refractivity contribution >= 4 is 21.4 Å². The highest BCUT2D eigenvalue weighted by atomic mass is 32.2. The molecule has 0 amide bonds.